The number of methoxy groups -OCH3 is 1. The molecule has 0 saturated carbocycles. The number of allylic oxidation sites excluding steroid dienone is 1. The van der Waals surface area contributed by atoms with E-state index in [0.29, 0.717) is 5.56 Å². The van der Waals surface area contributed by atoms with Gasteiger partial charge >= 0.3 is 5.69 Å². The predicted octanol–water partition coefficient (Wildman–Crippen LogP) is 3.42. The van der Waals surface area contributed by atoms with Crippen molar-refractivity contribution < 1.29 is 24.5 Å². The molecule has 2 aromatic carbocycles. The molecular weight excluding hydrogens is 344 g/mol. The van der Waals surface area contributed by atoms with Crippen molar-refractivity contribution in [2.24, 2.45) is 0 Å². The number of phenolic OH excluding ortho intramolecular Hbond substituents is 1. The van der Waals surface area contributed by atoms with Gasteiger partial charge < -0.3 is 9.84 Å². The van der Waals surface area contributed by atoms with Crippen LogP contribution in [-0.4, -0.2) is 27.8 Å². The van der Waals surface area contributed by atoms with Crippen LogP contribution in [0.2, 0.25) is 0 Å². The van der Waals surface area contributed by atoms with E-state index in [1.807, 2.05) is 0 Å². The predicted molar refractivity (Wildman–Crippen MR) is 92.5 cm³/mol. The third-order valence-corrected chi connectivity index (χ3v) is 3.61. The Kier molecular flexibility index (Phi) is 5.31. The minimum absolute atomic E-state index is 0.110. The first-order valence-corrected chi connectivity index (χ1v) is 7.27. The van der Waals surface area contributed by atoms with Gasteiger partial charge in [-0.2, -0.15) is 0 Å². The average molecular weight is 358 g/mol. The average Bonchev–Trinajstić information content (AvgIpc) is 2.60. The van der Waals surface area contributed by atoms with Crippen LogP contribution in [0.4, 0.5) is 11.4 Å². The quantitative estimate of drug-likeness (QED) is 0.362. The summed E-state index contributed by atoms with van der Waals surface area (Å²) in [4.78, 5) is 32.8. The Hall–Kier alpha value is -3.75. The summed E-state index contributed by atoms with van der Waals surface area (Å²) < 4.78 is 4.87. The van der Waals surface area contributed by atoms with Gasteiger partial charge in [0.2, 0.25) is 5.75 Å². The van der Waals surface area contributed by atoms with E-state index in [1.54, 1.807) is 6.92 Å². The zero-order valence-corrected chi connectivity index (χ0v) is 13.8. The molecule has 0 radical (unpaired) electrons. The fourth-order valence-corrected chi connectivity index (χ4v) is 2.23. The molecule has 1 N–H and O–H groups in total. The van der Waals surface area contributed by atoms with Gasteiger partial charge in [-0.15, -0.1) is 0 Å². The summed E-state index contributed by atoms with van der Waals surface area (Å²) in [7, 11) is 1.24. The fraction of sp³-hybridized carbons (Fsp3) is 0.118. The maximum absolute atomic E-state index is 12.2. The lowest BCUT2D eigenvalue weighted by Gasteiger charge is -2.05. The summed E-state index contributed by atoms with van der Waals surface area (Å²) in [6.07, 6.45) is 2.42. The number of hydrogen-bond donors (Lipinski definition) is 1. The number of phenols is 1. The molecule has 0 atom stereocenters. The molecule has 0 saturated heterocycles. The molecule has 0 heterocycles. The number of nitrogens with zero attached hydrogens (tertiary/aromatic N) is 2. The highest BCUT2D eigenvalue weighted by molar-refractivity contribution is 6.07. The molecule has 9 nitrogen and oxygen atoms in total. The largest absolute Gasteiger partial charge is 0.500 e. The number of carbonyl (C=O) groups is 1. The van der Waals surface area contributed by atoms with Crippen LogP contribution in [0.25, 0.3) is 6.08 Å². The molecule has 0 aromatic heterocycles. The van der Waals surface area contributed by atoms with Gasteiger partial charge in [0.05, 0.1) is 17.0 Å². The summed E-state index contributed by atoms with van der Waals surface area (Å²) in [6, 6.07) is 6.49. The molecule has 0 fully saturated rings. The fourth-order valence-electron chi connectivity index (χ4n) is 2.23. The number of carbonyl (C=O) groups excluding carboxylic acids is 1. The second kappa shape index (κ2) is 7.43. The molecule has 0 bridgehead atoms. The van der Waals surface area contributed by atoms with E-state index in [1.165, 1.54) is 37.5 Å². The number of nitro benzene ring substituents is 2. The Morgan fingerprint density at radius 2 is 1.77 bits per heavy atom. The van der Waals surface area contributed by atoms with Crippen LogP contribution in [0.3, 0.4) is 0 Å². The van der Waals surface area contributed by atoms with Crippen molar-refractivity contribution in [2.45, 2.75) is 6.92 Å². The maximum atomic E-state index is 12.2. The first kappa shape index (κ1) is 18.6. The lowest BCUT2D eigenvalue weighted by molar-refractivity contribution is -0.386. The van der Waals surface area contributed by atoms with Crippen LogP contribution in [-0.2, 0) is 0 Å². The first-order valence-electron chi connectivity index (χ1n) is 7.27. The van der Waals surface area contributed by atoms with Crippen molar-refractivity contribution >= 4 is 23.2 Å². The van der Waals surface area contributed by atoms with Gasteiger partial charge in [-0.05, 0) is 24.6 Å². The summed E-state index contributed by atoms with van der Waals surface area (Å²) >= 11 is 0. The Balaban J connectivity index is 2.36. The van der Waals surface area contributed by atoms with Gasteiger partial charge in [0.15, 0.2) is 11.5 Å². The molecule has 2 rings (SSSR count). The number of benzene rings is 2. The number of aryl methyl sites for hydroxylation is 1. The van der Waals surface area contributed by atoms with Crippen molar-refractivity contribution in [3.05, 3.63) is 73.3 Å². The van der Waals surface area contributed by atoms with E-state index in [9.17, 15) is 30.1 Å². The molecule has 0 spiro atoms. The minimum Gasteiger partial charge on any atom is -0.500 e. The Labute approximate surface area is 147 Å². The van der Waals surface area contributed by atoms with Crippen molar-refractivity contribution in [3.8, 4) is 11.5 Å². The maximum Gasteiger partial charge on any atom is 0.315 e. The van der Waals surface area contributed by atoms with Crippen LogP contribution in [0.5, 0.6) is 11.5 Å². The molecule has 26 heavy (non-hydrogen) atoms. The summed E-state index contributed by atoms with van der Waals surface area (Å²) in [5, 5.41) is 31.7. The molecular formula is C17H14N2O7. The van der Waals surface area contributed by atoms with Gasteiger partial charge in [-0.1, -0.05) is 18.2 Å². The number of nitro groups is 2. The molecule has 2 aromatic rings. The zero-order valence-electron chi connectivity index (χ0n) is 13.8. The van der Waals surface area contributed by atoms with Crippen molar-refractivity contribution in [2.75, 3.05) is 7.11 Å². The lowest BCUT2D eigenvalue weighted by atomic mass is 10.1. The highest BCUT2D eigenvalue weighted by Gasteiger charge is 2.19. The van der Waals surface area contributed by atoms with Gasteiger partial charge in [0.1, 0.15) is 0 Å². The van der Waals surface area contributed by atoms with Gasteiger partial charge in [-0.3, -0.25) is 25.0 Å². The van der Waals surface area contributed by atoms with Crippen molar-refractivity contribution in [1.29, 1.82) is 0 Å². The van der Waals surface area contributed by atoms with E-state index in [2.05, 4.69) is 0 Å². The summed E-state index contributed by atoms with van der Waals surface area (Å²) in [6.45, 7) is 1.56. The van der Waals surface area contributed by atoms with Crippen LogP contribution in [0.1, 0.15) is 21.5 Å². The first-order chi connectivity index (χ1) is 12.2. The molecule has 0 aliphatic rings. The third-order valence-electron chi connectivity index (χ3n) is 3.61. The Bertz CT molecular complexity index is 935. The molecule has 0 aliphatic heterocycles. The number of ether oxygens (including phenoxy) is 1. The molecule has 134 valence electrons. The van der Waals surface area contributed by atoms with E-state index < -0.39 is 27.1 Å². The molecule has 9 heteroatoms. The minimum atomic E-state index is -0.777. The normalized spacial score (nSPS) is 10.7. The summed E-state index contributed by atoms with van der Waals surface area (Å²) in [5.41, 5.74) is 0.0446. The zero-order chi connectivity index (χ0) is 19.4. The van der Waals surface area contributed by atoms with Gasteiger partial charge in [0.25, 0.3) is 5.69 Å². The van der Waals surface area contributed by atoms with Crippen LogP contribution < -0.4 is 4.74 Å². The molecule has 0 aliphatic carbocycles. The second-order valence-corrected chi connectivity index (χ2v) is 5.30. The van der Waals surface area contributed by atoms with Gasteiger partial charge in [-0.25, -0.2) is 0 Å². The number of hydrogen-bond acceptors (Lipinski definition) is 7. The van der Waals surface area contributed by atoms with Crippen LogP contribution in [0, 0.1) is 27.2 Å². The highest BCUT2D eigenvalue weighted by Crippen LogP contribution is 2.37. The third kappa shape index (κ3) is 3.83. The highest BCUT2D eigenvalue weighted by atomic mass is 16.6. The topological polar surface area (TPSA) is 133 Å². The monoisotopic (exact) mass is 358 g/mol. The SMILES string of the molecule is COc1cc(/C=C/C(=O)c2ccc(C)c([N+](=O)[O-])c2)cc([N+](=O)[O-])c1O. The van der Waals surface area contributed by atoms with E-state index >= 15 is 0 Å². The molecule has 0 unspecified atom stereocenters. The lowest BCUT2D eigenvalue weighted by Crippen LogP contribution is -1.98. The van der Waals surface area contributed by atoms with E-state index in [0.717, 1.165) is 12.1 Å². The van der Waals surface area contributed by atoms with Gasteiger partial charge in [0, 0.05) is 23.3 Å². The van der Waals surface area contributed by atoms with E-state index in [-0.39, 0.29) is 22.6 Å². The molecule has 0 amide bonds. The smallest absolute Gasteiger partial charge is 0.315 e. The number of aromatic hydroxyl groups is 1. The number of rotatable bonds is 6. The standard InChI is InChI=1S/C17H14N2O7/c1-10-3-5-12(9-13(10)18(22)23)15(20)6-4-11-7-14(19(24)25)17(21)16(8-11)26-2/h3-9,21H,1-2H3/b6-4+. The summed E-state index contributed by atoms with van der Waals surface area (Å²) in [5.74, 6) is -1.24. The van der Waals surface area contributed by atoms with Crippen LogP contribution in [0.15, 0.2) is 36.4 Å². The van der Waals surface area contributed by atoms with Crippen molar-refractivity contribution in [1.82, 2.24) is 0 Å². The van der Waals surface area contributed by atoms with Crippen molar-refractivity contribution in [3.63, 3.8) is 0 Å². The van der Waals surface area contributed by atoms with E-state index in [4.69, 9.17) is 4.74 Å². The Morgan fingerprint density at radius 3 is 2.35 bits per heavy atom. The number of ketones is 1. The second-order valence-electron chi connectivity index (χ2n) is 5.30. The Morgan fingerprint density at radius 1 is 1.12 bits per heavy atom. The van der Waals surface area contributed by atoms with Crippen LogP contribution >= 0.6 is 0 Å².